The monoisotopic (exact) mass is 399 g/mol. The number of likely N-dealkylation sites (tertiary alicyclic amines) is 1. The molecule has 2 aromatic rings. The van der Waals surface area contributed by atoms with Gasteiger partial charge in [0.25, 0.3) is 11.5 Å². The standard InChI is InChI=1S/C19H25N7O3/c1-24(2)15-10-16(21-11-20-15)26(12-3-4-12)13-5-7-25(8-6-13)18(28)14-9-17(27)23-19(29)22-14/h9-13H,3-8H2,1-2H3,(H2,22,23,27,29). The number of piperidine rings is 1. The Morgan fingerprint density at radius 1 is 1.00 bits per heavy atom. The number of nitrogens with zero attached hydrogens (tertiary/aromatic N) is 5. The number of nitrogens with one attached hydrogen (secondary N) is 2. The van der Waals surface area contributed by atoms with Crippen molar-refractivity contribution in [3.05, 3.63) is 45.0 Å². The summed E-state index contributed by atoms with van der Waals surface area (Å²) in [6.45, 7) is 1.13. The van der Waals surface area contributed by atoms with Crippen molar-refractivity contribution in [1.82, 2.24) is 24.8 Å². The van der Waals surface area contributed by atoms with Crippen LogP contribution in [0.1, 0.15) is 36.2 Å². The summed E-state index contributed by atoms with van der Waals surface area (Å²) in [5.41, 5.74) is -1.22. The van der Waals surface area contributed by atoms with E-state index in [1.54, 1.807) is 11.2 Å². The van der Waals surface area contributed by atoms with E-state index in [9.17, 15) is 14.4 Å². The van der Waals surface area contributed by atoms with Crippen molar-refractivity contribution in [2.24, 2.45) is 0 Å². The molecule has 4 rings (SSSR count). The van der Waals surface area contributed by atoms with Crippen molar-refractivity contribution in [3.8, 4) is 0 Å². The Balaban J connectivity index is 1.47. The van der Waals surface area contributed by atoms with Crippen LogP contribution in [0.3, 0.4) is 0 Å². The SMILES string of the molecule is CN(C)c1cc(N(C2CC2)C2CCN(C(=O)c3cc(=O)[nH]c(=O)[nH]3)CC2)ncn1. The quantitative estimate of drug-likeness (QED) is 0.737. The minimum Gasteiger partial charge on any atom is -0.363 e. The van der Waals surface area contributed by atoms with Crippen LogP contribution in [0.2, 0.25) is 0 Å². The first-order valence-electron chi connectivity index (χ1n) is 9.83. The number of carbonyl (C=O) groups is 1. The van der Waals surface area contributed by atoms with Gasteiger partial charge < -0.3 is 19.7 Å². The molecule has 0 unspecified atom stereocenters. The van der Waals surface area contributed by atoms with Crippen molar-refractivity contribution in [1.29, 1.82) is 0 Å². The summed E-state index contributed by atoms with van der Waals surface area (Å²) in [6, 6.07) is 3.91. The fourth-order valence-corrected chi connectivity index (χ4v) is 3.85. The molecule has 2 aromatic heterocycles. The molecule has 1 saturated heterocycles. The lowest BCUT2D eigenvalue weighted by Crippen LogP contribution is -2.48. The van der Waals surface area contributed by atoms with Crippen molar-refractivity contribution in [2.75, 3.05) is 37.0 Å². The highest BCUT2D eigenvalue weighted by Crippen LogP contribution is 2.36. The van der Waals surface area contributed by atoms with Crippen LogP contribution in [-0.2, 0) is 0 Å². The van der Waals surface area contributed by atoms with Gasteiger partial charge in [-0.05, 0) is 25.7 Å². The molecule has 10 nitrogen and oxygen atoms in total. The zero-order valence-corrected chi connectivity index (χ0v) is 16.6. The largest absolute Gasteiger partial charge is 0.363 e. The van der Waals surface area contributed by atoms with Gasteiger partial charge in [0.1, 0.15) is 23.7 Å². The van der Waals surface area contributed by atoms with E-state index in [0.717, 1.165) is 43.4 Å². The first-order chi connectivity index (χ1) is 13.9. The minimum atomic E-state index is -0.670. The predicted octanol–water partition coefficient (Wildman–Crippen LogP) is 0.193. The number of carbonyl (C=O) groups excluding carboxylic acids is 1. The third-order valence-electron chi connectivity index (χ3n) is 5.44. The maximum absolute atomic E-state index is 12.7. The van der Waals surface area contributed by atoms with Gasteiger partial charge in [0.05, 0.1) is 0 Å². The second kappa shape index (κ2) is 7.69. The predicted molar refractivity (Wildman–Crippen MR) is 108 cm³/mol. The molecule has 2 fully saturated rings. The smallest absolute Gasteiger partial charge is 0.326 e. The van der Waals surface area contributed by atoms with Gasteiger partial charge in [-0.2, -0.15) is 0 Å². The molecule has 1 saturated carbocycles. The Labute approximate surface area is 167 Å². The van der Waals surface area contributed by atoms with E-state index in [-0.39, 0.29) is 17.6 Å². The number of H-pyrrole nitrogens is 2. The highest BCUT2D eigenvalue weighted by atomic mass is 16.2. The summed E-state index contributed by atoms with van der Waals surface area (Å²) >= 11 is 0. The van der Waals surface area contributed by atoms with E-state index in [4.69, 9.17) is 0 Å². The highest BCUT2D eigenvalue weighted by Gasteiger charge is 2.37. The van der Waals surface area contributed by atoms with Crippen LogP contribution in [0.5, 0.6) is 0 Å². The third-order valence-corrected chi connectivity index (χ3v) is 5.44. The lowest BCUT2D eigenvalue weighted by Gasteiger charge is -2.39. The maximum Gasteiger partial charge on any atom is 0.326 e. The number of aromatic nitrogens is 4. The first-order valence-corrected chi connectivity index (χ1v) is 9.83. The van der Waals surface area contributed by atoms with E-state index in [0.29, 0.717) is 19.1 Å². The molecular formula is C19H25N7O3. The van der Waals surface area contributed by atoms with Gasteiger partial charge in [-0.25, -0.2) is 14.8 Å². The Hall–Kier alpha value is -3.17. The zero-order valence-electron chi connectivity index (χ0n) is 16.6. The summed E-state index contributed by atoms with van der Waals surface area (Å²) in [4.78, 5) is 55.0. The van der Waals surface area contributed by atoms with Crippen LogP contribution in [0.15, 0.2) is 28.0 Å². The fourth-order valence-electron chi connectivity index (χ4n) is 3.85. The van der Waals surface area contributed by atoms with Crippen molar-refractivity contribution in [2.45, 2.75) is 37.8 Å². The lowest BCUT2D eigenvalue weighted by molar-refractivity contribution is 0.0705. The minimum absolute atomic E-state index is 0.0303. The molecule has 2 N–H and O–H groups in total. The van der Waals surface area contributed by atoms with Crippen LogP contribution in [-0.4, -0.2) is 70.0 Å². The van der Waals surface area contributed by atoms with E-state index in [1.165, 1.54) is 0 Å². The molecule has 1 aliphatic heterocycles. The molecule has 0 aromatic carbocycles. The van der Waals surface area contributed by atoms with Crippen LogP contribution >= 0.6 is 0 Å². The maximum atomic E-state index is 12.7. The molecular weight excluding hydrogens is 374 g/mol. The molecule has 1 amide bonds. The van der Waals surface area contributed by atoms with E-state index >= 15 is 0 Å². The Kier molecular flexibility index (Phi) is 5.08. The van der Waals surface area contributed by atoms with Crippen LogP contribution in [0.25, 0.3) is 0 Å². The fraction of sp³-hybridized carbons (Fsp3) is 0.526. The Morgan fingerprint density at radius 3 is 2.28 bits per heavy atom. The topological polar surface area (TPSA) is 118 Å². The van der Waals surface area contributed by atoms with E-state index < -0.39 is 11.2 Å². The molecule has 0 radical (unpaired) electrons. The molecule has 3 heterocycles. The summed E-state index contributed by atoms with van der Waals surface area (Å²) < 4.78 is 0. The average Bonchev–Trinajstić information content (AvgIpc) is 3.53. The molecule has 154 valence electrons. The van der Waals surface area contributed by atoms with Crippen LogP contribution in [0, 0.1) is 0 Å². The number of aromatic amines is 2. The highest BCUT2D eigenvalue weighted by molar-refractivity contribution is 5.92. The van der Waals surface area contributed by atoms with Crippen molar-refractivity contribution < 1.29 is 4.79 Å². The van der Waals surface area contributed by atoms with Gasteiger partial charge in [0, 0.05) is 51.4 Å². The number of hydrogen-bond donors (Lipinski definition) is 2. The van der Waals surface area contributed by atoms with Crippen LogP contribution < -0.4 is 21.0 Å². The molecule has 1 aliphatic carbocycles. The van der Waals surface area contributed by atoms with Gasteiger partial charge >= 0.3 is 5.69 Å². The van der Waals surface area contributed by atoms with Gasteiger partial charge in [-0.15, -0.1) is 0 Å². The number of anilines is 2. The summed E-state index contributed by atoms with van der Waals surface area (Å²) in [5.74, 6) is 1.47. The lowest BCUT2D eigenvalue weighted by atomic mass is 10.0. The molecule has 2 aliphatic rings. The van der Waals surface area contributed by atoms with E-state index in [2.05, 4.69) is 24.8 Å². The number of amides is 1. The van der Waals surface area contributed by atoms with Gasteiger partial charge in [0.2, 0.25) is 0 Å². The zero-order chi connectivity index (χ0) is 20.5. The second-order valence-corrected chi connectivity index (χ2v) is 7.79. The van der Waals surface area contributed by atoms with Crippen molar-refractivity contribution >= 4 is 17.5 Å². The Bertz CT molecular complexity index is 975. The Morgan fingerprint density at radius 2 is 1.66 bits per heavy atom. The number of hydrogen-bond acceptors (Lipinski definition) is 7. The van der Waals surface area contributed by atoms with Gasteiger partial charge in [0.15, 0.2) is 0 Å². The van der Waals surface area contributed by atoms with Crippen LogP contribution in [0.4, 0.5) is 11.6 Å². The van der Waals surface area contributed by atoms with Gasteiger partial charge in [-0.1, -0.05) is 0 Å². The second-order valence-electron chi connectivity index (χ2n) is 7.79. The molecule has 0 bridgehead atoms. The normalized spacial score (nSPS) is 17.2. The molecule has 0 atom stereocenters. The molecule has 10 heteroatoms. The first kappa shape index (κ1) is 19.2. The van der Waals surface area contributed by atoms with Gasteiger partial charge in [-0.3, -0.25) is 14.6 Å². The third kappa shape index (κ3) is 4.15. The van der Waals surface area contributed by atoms with Crippen molar-refractivity contribution in [3.63, 3.8) is 0 Å². The van der Waals surface area contributed by atoms with E-state index in [1.807, 2.05) is 25.1 Å². The molecule has 29 heavy (non-hydrogen) atoms. The average molecular weight is 399 g/mol. The summed E-state index contributed by atoms with van der Waals surface area (Å²) in [6.07, 6.45) is 5.50. The summed E-state index contributed by atoms with van der Waals surface area (Å²) in [5, 5.41) is 0. The molecule has 0 spiro atoms. The summed E-state index contributed by atoms with van der Waals surface area (Å²) in [7, 11) is 3.91. The number of rotatable bonds is 5.